The summed E-state index contributed by atoms with van der Waals surface area (Å²) in [6.45, 7) is 0.997. The van der Waals surface area contributed by atoms with E-state index in [0.717, 1.165) is 32.2 Å². The van der Waals surface area contributed by atoms with Crippen LogP contribution in [0.1, 0.15) is 44.9 Å². The number of hydrogen-bond donors (Lipinski definition) is 1. The van der Waals surface area contributed by atoms with E-state index < -0.39 is 9.84 Å². The summed E-state index contributed by atoms with van der Waals surface area (Å²) >= 11 is 0. The van der Waals surface area contributed by atoms with Gasteiger partial charge < -0.3 is 5.32 Å². The molecule has 0 saturated carbocycles. The quantitative estimate of drug-likeness (QED) is 0.743. The lowest BCUT2D eigenvalue weighted by molar-refractivity contribution is 0.432. The molecule has 2 fully saturated rings. The van der Waals surface area contributed by atoms with Gasteiger partial charge in [0.25, 0.3) is 0 Å². The van der Waals surface area contributed by atoms with Gasteiger partial charge in [0.05, 0.1) is 11.0 Å². The van der Waals surface area contributed by atoms with Crippen LogP contribution in [0, 0.1) is 0 Å². The van der Waals surface area contributed by atoms with Gasteiger partial charge in [-0.15, -0.1) is 0 Å². The highest BCUT2D eigenvalue weighted by Gasteiger charge is 2.35. The highest BCUT2D eigenvalue weighted by molar-refractivity contribution is 7.92. The largest absolute Gasteiger partial charge is 0.313 e. The van der Waals surface area contributed by atoms with Crippen LogP contribution in [0.25, 0.3) is 0 Å². The van der Waals surface area contributed by atoms with Crippen LogP contribution in [0.2, 0.25) is 0 Å². The first kappa shape index (κ1) is 11.4. The Kier molecular flexibility index (Phi) is 3.67. The van der Waals surface area contributed by atoms with Crippen molar-refractivity contribution in [3.05, 3.63) is 0 Å². The van der Waals surface area contributed by atoms with Gasteiger partial charge in [-0.1, -0.05) is 19.3 Å². The number of sulfone groups is 1. The van der Waals surface area contributed by atoms with Crippen molar-refractivity contribution in [2.45, 2.75) is 56.2 Å². The second kappa shape index (κ2) is 4.83. The van der Waals surface area contributed by atoms with E-state index in [9.17, 15) is 8.42 Å². The molecule has 0 amide bonds. The van der Waals surface area contributed by atoms with Gasteiger partial charge in [-0.3, -0.25) is 0 Å². The molecule has 15 heavy (non-hydrogen) atoms. The summed E-state index contributed by atoms with van der Waals surface area (Å²) in [6.07, 6.45) is 7.50. The maximum atomic E-state index is 12.0. The first-order valence-corrected chi connectivity index (χ1v) is 7.87. The van der Waals surface area contributed by atoms with E-state index in [0.29, 0.717) is 5.75 Å². The van der Waals surface area contributed by atoms with Crippen LogP contribution in [-0.4, -0.2) is 32.0 Å². The monoisotopic (exact) mass is 231 g/mol. The second-order valence-electron chi connectivity index (χ2n) is 4.81. The molecule has 0 aromatic heterocycles. The van der Waals surface area contributed by atoms with Crippen molar-refractivity contribution in [1.82, 2.24) is 5.32 Å². The van der Waals surface area contributed by atoms with Gasteiger partial charge in [-0.05, 0) is 32.2 Å². The van der Waals surface area contributed by atoms with E-state index in [1.807, 2.05) is 0 Å². The van der Waals surface area contributed by atoms with Gasteiger partial charge in [0.1, 0.15) is 0 Å². The van der Waals surface area contributed by atoms with Crippen LogP contribution in [0.15, 0.2) is 0 Å². The molecule has 0 aromatic carbocycles. The molecule has 2 unspecified atom stereocenters. The lowest BCUT2D eigenvalue weighted by atomic mass is 10.0. The van der Waals surface area contributed by atoms with Crippen molar-refractivity contribution in [1.29, 1.82) is 0 Å². The van der Waals surface area contributed by atoms with E-state index in [2.05, 4.69) is 5.32 Å². The van der Waals surface area contributed by atoms with Crippen LogP contribution in [0.5, 0.6) is 0 Å². The van der Waals surface area contributed by atoms with Gasteiger partial charge >= 0.3 is 0 Å². The SMILES string of the molecule is O=S1(=O)CCCCC1C1CCCCCN1. The van der Waals surface area contributed by atoms with Crippen LogP contribution in [0.3, 0.4) is 0 Å². The molecular formula is C11H21NO2S. The molecule has 2 heterocycles. The molecule has 0 radical (unpaired) electrons. The Morgan fingerprint density at radius 2 is 1.73 bits per heavy atom. The molecule has 1 N–H and O–H groups in total. The molecule has 0 aromatic rings. The first-order valence-electron chi connectivity index (χ1n) is 6.15. The fraction of sp³-hybridized carbons (Fsp3) is 1.00. The average Bonchev–Trinajstić information content (AvgIpc) is 2.45. The minimum atomic E-state index is -2.80. The molecule has 2 aliphatic heterocycles. The summed E-state index contributed by atoms with van der Waals surface area (Å²) in [5, 5.41) is 3.33. The minimum Gasteiger partial charge on any atom is -0.313 e. The van der Waals surface area contributed by atoms with Crippen LogP contribution in [-0.2, 0) is 9.84 Å². The summed E-state index contributed by atoms with van der Waals surface area (Å²) in [5.74, 6) is 0.413. The Hall–Kier alpha value is -0.0900. The van der Waals surface area contributed by atoms with E-state index in [1.54, 1.807) is 0 Å². The Balaban J connectivity index is 2.06. The predicted octanol–water partition coefficient (Wildman–Crippen LogP) is 1.49. The van der Waals surface area contributed by atoms with Gasteiger partial charge in [0.2, 0.25) is 0 Å². The standard InChI is InChI=1S/C11H21NO2S/c13-15(14)9-5-3-7-11(15)10-6-2-1-4-8-12-10/h10-12H,1-9H2. The van der Waals surface area contributed by atoms with Crippen LogP contribution in [0.4, 0.5) is 0 Å². The molecule has 0 spiro atoms. The fourth-order valence-corrected chi connectivity index (χ4v) is 4.97. The lowest BCUT2D eigenvalue weighted by Crippen LogP contribution is -2.46. The van der Waals surface area contributed by atoms with Gasteiger partial charge in [0.15, 0.2) is 9.84 Å². The summed E-state index contributed by atoms with van der Waals surface area (Å²) in [7, 11) is -2.80. The smallest absolute Gasteiger partial charge is 0.154 e. The van der Waals surface area contributed by atoms with Crippen molar-refractivity contribution in [2.75, 3.05) is 12.3 Å². The third-order valence-electron chi connectivity index (χ3n) is 3.68. The van der Waals surface area contributed by atoms with Gasteiger partial charge in [-0.25, -0.2) is 8.42 Å². The van der Waals surface area contributed by atoms with Crippen molar-refractivity contribution in [2.24, 2.45) is 0 Å². The zero-order valence-corrected chi connectivity index (χ0v) is 10.1. The number of rotatable bonds is 1. The minimum absolute atomic E-state index is 0.0932. The maximum Gasteiger partial charge on any atom is 0.154 e. The Bertz CT molecular complexity index is 292. The van der Waals surface area contributed by atoms with Crippen molar-refractivity contribution in [3.63, 3.8) is 0 Å². The van der Waals surface area contributed by atoms with Crippen molar-refractivity contribution >= 4 is 9.84 Å². The maximum absolute atomic E-state index is 12.0. The number of hydrogen-bond acceptors (Lipinski definition) is 3. The number of nitrogens with one attached hydrogen (secondary N) is 1. The molecule has 3 nitrogen and oxygen atoms in total. The van der Waals surface area contributed by atoms with Crippen LogP contribution < -0.4 is 5.32 Å². The highest BCUT2D eigenvalue weighted by atomic mass is 32.2. The highest BCUT2D eigenvalue weighted by Crippen LogP contribution is 2.25. The average molecular weight is 231 g/mol. The fourth-order valence-electron chi connectivity index (χ4n) is 2.80. The molecule has 0 aliphatic carbocycles. The predicted molar refractivity (Wildman–Crippen MR) is 61.7 cm³/mol. The van der Waals surface area contributed by atoms with Crippen molar-refractivity contribution < 1.29 is 8.42 Å². The third-order valence-corrected chi connectivity index (χ3v) is 6.02. The zero-order chi connectivity index (χ0) is 10.7. The van der Waals surface area contributed by atoms with E-state index in [-0.39, 0.29) is 11.3 Å². The molecular weight excluding hydrogens is 210 g/mol. The lowest BCUT2D eigenvalue weighted by Gasteiger charge is -2.29. The summed E-state index contributed by atoms with van der Waals surface area (Å²) in [5.41, 5.74) is 0. The zero-order valence-electron chi connectivity index (χ0n) is 9.24. The molecule has 88 valence electrons. The normalized spacial score (nSPS) is 37.1. The van der Waals surface area contributed by atoms with Gasteiger partial charge in [0, 0.05) is 6.04 Å². The van der Waals surface area contributed by atoms with E-state index in [4.69, 9.17) is 0 Å². The Morgan fingerprint density at radius 3 is 2.53 bits per heavy atom. The Labute approximate surface area is 92.6 Å². The second-order valence-corrected chi connectivity index (χ2v) is 7.15. The summed E-state index contributed by atoms with van der Waals surface area (Å²) in [4.78, 5) is 0. The van der Waals surface area contributed by atoms with Crippen LogP contribution >= 0.6 is 0 Å². The molecule has 2 rings (SSSR count). The van der Waals surface area contributed by atoms with Crippen molar-refractivity contribution in [3.8, 4) is 0 Å². The van der Waals surface area contributed by atoms with Gasteiger partial charge in [-0.2, -0.15) is 0 Å². The molecule has 4 heteroatoms. The van der Waals surface area contributed by atoms with E-state index >= 15 is 0 Å². The topological polar surface area (TPSA) is 46.2 Å². The molecule has 2 atom stereocenters. The first-order chi connectivity index (χ1) is 7.20. The molecule has 2 saturated heterocycles. The molecule has 0 bridgehead atoms. The summed E-state index contributed by atoms with van der Waals surface area (Å²) < 4.78 is 23.9. The molecule has 2 aliphatic rings. The summed E-state index contributed by atoms with van der Waals surface area (Å²) in [6, 6.07) is 0.234. The Morgan fingerprint density at radius 1 is 0.933 bits per heavy atom. The third kappa shape index (κ3) is 2.72. The van der Waals surface area contributed by atoms with E-state index in [1.165, 1.54) is 19.3 Å².